The zero-order chi connectivity index (χ0) is 20.1. The van der Waals surface area contributed by atoms with Crippen LogP contribution in [0.1, 0.15) is 52.7 Å². The number of fused-ring (bicyclic) bond motifs is 2. The highest BCUT2D eigenvalue weighted by Gasteiger charge is 2.20. The molecule has 0 atom stereocenters. The summed E-state index contributed by atoms with van der Waals surface area (Å²) in [6.07, 6.45) is 9.51. The van der Waals surface area contributed by atoms with Gasteiger partial charge in [0.05, 0.1) is 16.6 Å². The predicted molar refractivity (Wildman–Crippen MR) is 115 cm³/mol. The van der Waals surface area contributed by atoms with Gasteiger partial charge in [0.1, 0.15) is 0 Å². The van der Waals surface area contributed by atoms with Crippen LogP contribution in [0.3, 0.4) is 0 Å². The number of aromatic nitrogens is 4. The summed E-state index contributed by atoms with van der Waals surface area (Å²) in [7, 11) is 0. The van der Waals surface area contributed by atoms with Crippen LogP contribution in [0.25, 0.3) is 33.1 Å². The summed E-state index contributed by atoms with van der Waals surface area (Å²) in [4.78, 5) is 18.5. The van der Waals surface area contributed by atoms with Gasteiger partial charge in [0.15, 0.2) is 0 Å². The number of hydrogen-bond acceptors (Lipinski definition) is 4. The van der Waals surface area contributed by atoms with E-state index in [4.69, 9.17) is 9.97 Å². The molecule has 4 rings (SSSR count). The van der Waals surface area contributed by atoms with Gasteiger partial charge < -0.3 is 0 Å². The van der Waals surface area contributed by atoms with Crippen molar-refractivity contribution in [1.29, 1.82) is 0 Å². The third-order valence-corrected chi connectivity index (χ3v) is 5.12. The molecule has 4 nitrogen and oxygen atoms in total. The topological polar surface area (TPSA) is 51.6 Å². The molecule has 0 spiro atoms. The van der Waals surface area contributed by atoms with Gasteiger partial charge in [-0.15, -0.1) is 0 Å². The predicted octanol–water partition coefficient (Wildman–Crippen LogP) is 5.84. The monoisotopic (exact) mass is 370 g/mol. The summed E-state index contributed by atoms with van der Waals surface area (Å²) >= 11 is 0. The minimum atomic E-state index is -0.00118. The Morgan fingerprint density at radius 2 is 1.29 bits per heavy atom. The molecule has 4 aromatic heterocycles. The van der Waals surface area contributed by atoms with Gasteiger partial charge in [-0.3, -0.25) is 19.9 Å². The molecule has 4 aromatic rings. The maximum atomic E-state index is 4.77. The van der Waals surface area contributed by atoms with Crippen LogP contribution in [0.2, 0.25) is 0 Å². The number of nitrogens with zero attached hydrogens (tertiary/aromatic N) is 4. The Balaban J connectivity index is 1.85. The van der Waals surface area contributed by atoms with E-state index in [1.54, 1.807) is 0 Å². The van der Waals surface area contributed by atoms with E-state index in [0.29, 0.717) is 0 Å². The zero-order valence-electron chi connectivity index (χ0n) is 17.4. The lowest BCUT2D eigenvalue weighted by Gasteiger charge is -2.20. The summed E-state index contributed by atoms with van der Waals surface area (Å²) in [6.45, 7) is 13.2. The van der Waals surface area contributed by atoms with Crippen molar-refractivity contribution in [3.8, 4) is 11.1 Å². The maximum Gasteiger partial charge on any atom is 0.0924 e. The van der Waals surface area contributed by atoms with E-state index < -0.39 is 0 Å². The largest absolute Gasteiger partial charge is 0.264 e. The first-order valence-corrected chi connectivity index (χ1v) is 9.64. The second kappa shape index (κ2) is 6.33. The second-order valence-electron chi connectivity index (χ2n) is 9.43. The molecule has 0 amide bonds. The van der Waals surface area contributed by atoms with Crippen LogP contribution in [0, 0.1) is 0 Å². The third kappa shape index (κ3) is 3.24. The van der Waals surface area contributed by atoms with Crippen molar-refractivity contribution in [3.05, 3.63) is 60.3 Å². The quantitative estimate of drug-likeness (QED) is 0.423. The van der Waals surface area contributed by atoms with Crippen molar-refractivity contribution in [1.82, 2.24) is 19.9 Å². The van der Waals surface area contributed by atoms with Crippen LogP contribution in [0.4, 0.5) is 0 Å². The standard InChI is InChI=1S/C24H26N4/c1-23(2,3)18-7-8-26-20-10-16(13-28-22(18)20)15-9-17-11-25-14-19(24(4,5)6)21(17)27-12-15/h7-14H,1-6H3. The Morgan fingerprint density at radius 1 is 0.643 bits per heavy atom. The van der Waals surface area contributed by atoms with E-state index in [1.165, 1.54) is 5.56 Å². The fourth-order valence-corrected chi connectivity index (χ4v) is 3.56. The Labute approximate surface area is 166 Å². The molecule has 0 aliphatic carbocycles. The first kappa shape index (κ1) is 18.5. The van der Waals surface area contributed by atoms with Crippen LogP contribution < -0.4 is 0 Å². The lowest BCUT2D eigenvalue weighted by molar-refractivity contribution is 0.592. The van der Waals surface area contributed by atoms with Gasteiger partial charge in [-0.25, -0.2) is 0 Å². The summed E-state index contributed by atoms with van der Waals surface area (Å²) in [5.41, 5.74) is 7.31. The van der Waals surface area contributed by atoms with Crippen molar-refractivity contribution >= 4 is 21.9 Å². The number of pyridine rings is 4. The number of rotatable bonds is 1. The average Bonchev–Trinajstić information content (AvgIpc) is 2.64. The van der Waals surface area contributed by atoms with Gasteiger partial charge >= 0.3 is 0 Å². The molecule has 4 heteroatoms. The van der Waals surface area contributed by atoms with Gasteiger partial charge in [0.25, 0.3) is 0 Å². The van der Waals surface area contributed by atoms with E-state index in [0.717, 1.165) is 38.6 Å². The Bertz CT molecular complexity index is 1090. The van der Waals surface area contributed by atoms with Crippen LogP contribution in [-0.2, 0) is 10.8 Å². The van der Waals surface area contributed by atoms with Gasteiger partial charge in [-0.1, -0.05) is 41.5 Å². The highest BCUT2D eigenvalue weighted by molar-refractivity contribution is 5.88. The minimum absolute atomic E-state index is 0.00118. The molecule has 0 saturated carbocycles. The minimum Gasteiger partial charge on any atom is -0.264 e. The van der Waals surface area contributed by atoms with Crippen molar-refractivity contribution in [3.63, 3.8) is 0 Å². The molecule has 28 heavy (non-hydrogen) atoms. The van der Waals surface area contributed by atoms with Crippen molar-refractivity contribution in [2.75, 3.05) is 0 Å². The molecule has 0 aliphatic rings. The Kier molecular flexibility index (Phi) is 4.18. The van der Waals surface area contributed by atoms with Gasteiger partial charge in [0.2, 0.25) is 0 Å². The van der Waals surface area contributed by atoms with E-state index >= 15 is 0 Å². The third-order valence-electron chi connectivity index (χ3n) is 5.12. The average molecular weight is 371 g/mol. The van der Waals surface area contributed by atoms with E-state index in [9.17, 15) is 0 Å². The Hall–Kier alpha value is -2.88. The molecule has 0 bridgehead atoms. The molecule has 4 heterocycles. The molecule has 142 valence electrons. The lowest BCUT2D eigenvalue weighted by atomic mass is 9.86. The smallest absolute Gasteiger partial charge is 0.0924 e. The molecular weight excluding hydrogens is 344 g/mol. The second-order valence-corrected chi connectivity index (χ2v) is 9.43. The van der Waals surface area contributed by atoms with Crippen molar-refractivity contribution in [2.24, 2.45) is 0 Å². The summed E-state index contributed by atoms with van der Waals surface area (Å²) in [5.74, 6) is 0. The van der Waals surface area contributed by atoms with E-state index in [-0.39, 0.29) is 10.8 Å². The van der Waals surface area contributed by atoms with Crippen molar-refractivity contribution < 1.29 is 0 Å². The Morgan fingerprint density at radius 3 is 1.96 bits per heavy atom. The van der Waals surface area contributed by atoms with Gasteiger partial charge in [-0.2, -0.15) is 0 Å². The van der Waals surface area contributed by atoms with E-state index in [2.05, 4.69) is 69.7 Å². The van der Waals surface area contributed by atoms with Gasteiger partial charge in [-0.05, 0) is 34.6 Å². The molecule has 0 N–H and O–H groups in total. The molecule has 0 radical (unpaired) electrons. The summed E-state index contributed by atoms with van der Waals surface area (Å²) < 4.78 is 0. The maximum absolute atomic E-state index is 4.77. The lowest BCUT2D eigenvalue weighted by Crippen LogP contribution is -2.13. The fraction of sp³-hybridized carbons (Fsp3) is 0.333. The highest BCUT2D eigenvalue weighted by Crippen LogP contribution is 2.32. The normalized spacial score (nSPS) is 12.6. The first-order valence-electron chi connectivity index (χ1n) is 9.64. The molecule has 0 fully saturated rings. The van der Waals surface area contributed by atoms with E-state index in [1.807, 2.05) is 31.0 Å². The number of hydrogen-bond donors (Lipinski definition) is 0. The molecular formula is C24H26N4. The molecule has 0 saturated heterocycles. The van der Waals surface area contributed by atoms with Crippen LogP contribution >= 0.6 is 0 Å². The summed E-state index contributed by atoms with van der Waals surface area (Å²) in [6, 6.07) is 6.30. The molecule has 0 aromatic carbocycles. The van der Waals surface area contributed by atoms with Crippen LogP contribution in [0.15, 0.2) is 49.2 Å². The SMILES string of the molecule is CC(C)(C)c1cncc2cc(-c3cnc4c(C(C)(C)C)ccnc4c3)cnc12. The fourth-order valence-electron chi connectivity index (χ4n) is 3.56. The first-order chi connectivity index (χ1) is 13.1. The van der Waals surface area contributed by atoms with Crippen LogP contribution in [0.5, 0.6) is 0 Å². The molecule has 0 unspecified atom stereocenters. The highest BCUT2D eigenvalue weighted by atomic mass is 14.8. The zero-order valence-corrected chi connectivity index (χ0v) is 17.4. The van der Waals surface area contributed by atoms with Gasteiger partial charge in [0, 0.05) is 53.1 Å². The van der Waals surface area contributed by atoms with Crippen molar-refractivity contribution in [2.45, 2.75) is 52.4 Å². The molecule has 0 aliphatic heterocycles. The van der Waals surface area contributed by atoms with Crippen LogP contribution in [-0.4, -0.2) is 19.9 Å². The summed E-state index contributed by atoms with van der Waals surface area (Å²) in [5, 5.41) is 1.04.